The Morgan fingerprint density at radius 1 is 0.731 bits per heavy atom. The summed E-state index contributed by atoms with van der Waals surface area (Å²) in [5.41, 5.74) is 0. The zero-order chi connectivity index (χ0) is 19.6. The summed E-state index contributed by atoms with van der Waals surface area (Å²) >= 11 is 0. The zero-order valence-electron chi connectivity index (χ0n) is 17.2. The average Bonchev–Trinajstić information content (AvgIpc) is 2.65. The van der Waals surface area contributed by atoms with Crippen LogP contribution in [0.5, 0.6) is 0 Å². The molecule has 26 heavy (non-hydrogen) atoms. The predicted molar refractivity (Wildman–Crippen MR) is 107 cm³/mol. The van der Waals surface area contributed by atoms with Crippen molar-refractivity contribution in [1.29, 1.82) is 0 Å². The van der Waals surface area contributed by atoms with E-state index in [2.05, 4.69) is 27.7 Å². The maximum atomic E-state index is 11.7. The van der Waals surface area contributed by atoms with Gasteiger partial charge in [-0.05, 0) is 24.7 Å². The Morgan fingerprint density at radius 2 is 1.12 bits per heavy atom. The van der Waals surface area contributed by atoms with E-state index in [1.54, 1.807) is 0 Å². The fraction of sp³-hybridized carbons (Fsp3) is 0.727. The van der Waals surface area contributed by atoms with E-state index in [-0.39, 0.29) is 11.9 Å². The van der Waals surface area contributed by atoms with Gasteiger partial charge in [0.05, 0.1) is 13.2 Å². The van der Waals surface area contributed by atoms with E-state index in [4.69, 9.17) is 9.47 Å². The molecule has 0 radical (unpaired) electrons. The first-order valence-electron chi connectivity index (χ1n) is 10.2. The van der Waals surface area contributed by atoms with Crippen LogP contribution in [0.25, 0.3) is 0 Å². The molecular formula is C22H38O4. The van der Waals surface area contributed by atoms with Crippen LogP contribution in [0.4, 0.5) is 0 Å². The minimum absolute atomic E-state index is 0.372. The van der Waals surface area contributed by atoms with E-state index in [0.717, 1.165) is 51.4 Å². The van der Waals surface area contributed by atoms with Gasteiger partial charge in [0.2, 0.25) is 0 Å². The summed E-state index contributed by atoms with van der Waals surface area (Å²) in [6.45, 7) is 9.47. The first kappa shape index (κ1) is 24.4. The first-order chi connectivity index (χ1) is 12.6. The number of allylic oxidation sites excluding steroid dienone is 2. The minimum Gasteiger partial charge on any atom is -0.462 e. The van der Waals surface area contributed by atoms with Gasteiger partial charge in [0.25, 0.3) is 0 Å². The van der Waals surface area contributed by atoms with E-state index in [0.29, 0.717) is 25.0 Å². The van der Waals surface area contributed by atoms with Crippen LogP contribution in [0.15, 0.2) is 24.3 Å². The normalized spacial score (nSPS) is 13.8. The quantitative estimate of drug-likeness (QED) is 0.214. The molecule has 0 aromatic rings. The third-order valence-corrected chi connectivity index (χ3v) is 4.58. The van der Waals surface area contributed by atoms with E-state index in [1.165, 1.54) is 24.3 Å². The van der Waals surface area contributed by atoms with Crippen molar-refractivity contribution in [3.63, 3.8) is 0 Å². The number of hydrogen-bond acceptors (Lipinski definition) is 4. The molecule has 2 atom stereocenters. The summed E-state index contributed by atoms with van der Waals surface area (Å²) in [5.74, 6) is 0.112. The molecule has 0 N–H and O–H groups in total. The Morgan fingerprint density at radius 3 is 1.42 bits per heavy atom. The fourth-order valence-corrected chi connectivity index (χ4v) is 2.56. The van der Waals surface area contributed by atoms with Gasteiger partial charge in [-0.2, -0.15) is 0 Å². The topological polar surface area (TPSA) is 52.6 Å². The van der Waals surface area contributed by atoms with Gasteiger partial charge >= 0.3 is 11.9 Å². The van der Waals surface area contributed by atoms with Crippen molar-refractivity contribution < 1.29 is 19.1 Å². The van der Waals surface area contributed by atoms with Crippen LogP contribution in [-0.2, 0) is 19.1 Å². The summed E-state index contributed by atoms with van der Waals surface area (Å²) in [6.07, 6.45) is 14.6. The second-order valence-corrected chi connectivity index (χ2v) is 6.81. The van der Waals surface area contributed by atoms with E-state index in [9.17, 15) is 9.59 Å². The first-order valence-corrected chi connectivity index (χ1v) is 10.2. The highest BCUT2D eigenvalue weighted by atomic mass is 16.5. The molecule has 0 amide bonds. The molecule has 0 saturated heterocycles. The van der Waals surface area contributed by atoms with Gasteiger partial charge in [-0.15, -0.1) is 0 Å². The van der Waals surface area contributed by atoms with Crippen molar-refractivity contribution in [2.45, 2.75) is 79.1 Å². The SMILES string of the molecule is CCCCC(CC)COC(=O)C=CC=CC(=O)OCC(CC)CCCC. The predicted octanol–water partition coefficient (Wildman–Crippen LogP) is 5.62. The number of esters is 2. The highest BCUT2D eigenvalue weighted by Crippen LogP contribution is 2.13. The van der Waals surface area contributed by atoms with Gasteiger partial charge in [0, 0.05) is 12.2 Å². The summed E-state index contributed by atoms with van der Waals surface area (Å²) in [4.78, 5) is 23.4. The van der Waals surface area contributed by atoms with Crippen molar-refractivity contribution >= 4 is 11.9 Å². The van der Waals surface area contributed by atoms with Gasteiger partial charge in [-0.25, -0.2) is 9.59 Å². The third kappa shape index (κ3) is 13.7. The number of carbonyl (C=O) groups excluding carboxylic acids is 2. The smallest absolute Gasteiger partial charge is 0.330 e. The van der Waals surface area contributed by atoms with Gasteiger partial charge in [0.15, 0.2) is 0 Å². The number of rotatable bonds is 15. The summed E-state index contributed by atoms with van der Waals surface area (Å²) < 4.78 is 10.5. The Hall–Kier alpha value is -1.58. The Balaban J connectivity index is 4.05. The molecule has 0 heterocycles. The van der Waals surface area contributed by atoms with Crippen LogP contribution in [0, 0.1) is 11.8 Å². The molecular weight excluding hydrogens is 328 g/mol. The zero-order valence-corrected chi connectivity index (χ0v) is 17.2. The lowest BCUT2D eigenvalue weighted by atomic mass is 10.0. The standard InChI is InChI=1S/C22H38O4/c1-5-9-13-19(7-3)17-25-21(23)15-11-12-16-22(24)26-18-20(8-4)14-10-6-2/h11-12,15-16,19-20H,5-10,13-14,17-18H2,1-4H3. The fourth-order valence-electron chi connectivity index (χ4n) is 2.56. The Bertz CT molecular complexity index is 386. The summed E-state index contributed by atoms with van der Waals surface area (Å²) in [5, 5.41) is 0. The Kier molecular flexibility index (Phi) is 15.8. The van der Waals surface area contributed by atoms with Crippen LogP contribution >= 0.6 is 0 Å². The molecule has 0 aliphatic rings. The van der Waals surface area contributed by atoms with Gasteiger partial charge < -0.3 is 9.47 Å². The lowest BCUT2D eigenvalue weighted by molar-refractivity contribution is -0.140. The van der Waals surface area contributed by atoms with Crippen LogP contribution in [0.1, 0.15) is 79.1 Å². The van der Waals surface area contributed by atoms with Gasteiger partial charge in [-0.1, -0.05) is 78.4 Å². The Labute approximate surface area is 160 Å². The molecule has 4 nitrogen and oxygen atoms in total. The lowest BCUT2D eigenvalue weighted by Gasteiger charge is -2.13. The summed E-state index contributed by atoms with van der Waals surface area (Å²) in [7, 11) is 0. The molecule has 0 aromatic heterocycles. The van der Waals surface area contributed by atoms with Crippen molar-refractivity contribution in [2.24, 2.45) is 11.8 Å². The van der Waals surface area contributed by atoms with E-state index in [1.807, 2.05) is 0 Å². The van der Waals surface area contributed by atoms with Crippen LogP contribution < -0.4 is 0 Å². The molecule has 0 spiro atoms. The molecule has 0 saturated carbocycles. The van der Waals surface area contributed by atoms with Crippen molar-refractivity contribution in [3.8, 4) is 0 Å². The van der Waals surface area contributed by atoms with Crippen molar-refractivity contribution in [1.82, 2.24) is 0 Å². The van der Waals surface area contributed by atoms with Gasteiger partial charge in [-0.3, -0.25) is 0 Å². The number of hydrogen-bond donors (Lipinski definition) is 0. The molecule has 150 valence electrons. The molecule has 0 aliphatic carbocycles. The molecule has 0 aromatic carbocycles. The lowest BCUT2D eigenvalue weighted by Crippen LogP contribution is -2.12. The van der Waals surface area contributed by atoms with E-state index < -0.39 is 0 Å². The number of carbonyl (C=O) groups is 2. The van der Waals surface area contributed by atoms with Crippen LogP contribution in [-0.4, -0.2) is 25.2 Å². The second-order valence-electron chi connectivity index (χ2n) is 6.81. The van der Waals surface area contributed by atoms with Crippen LogP contribution in [0.3, 0.4) is 0 Å². The highest BCUT2D eigenvalue weighted by molar-refractivity contribution is 5.84. The minimum atomic E-state index is -0.372. The van der Waals surface area contributed by atoms with Gasteiger partial charge in [0.1, 0.15) is 0 Å². The maximum Gasteiger partial charge on any atom is 0.330 e. The molecule has 0 bridgehead atoms. The maximum absolute atomic E-state index is 11.7. The van der Waals surface area contributed by atoms with Crippen molar-refractivity contribution in [2.75, 3.05) is 13.2 Å². The molecule has 2 unspecified atom stereocenters. The monoisotopic (exact) mass is 366 g/mol. The highest BCUT2D eigenvalue weighted by Gasteiger charge is 2.09. The average molecular weight is 367 g/mol. The van der Waals surface area contributed by atoms with Crippen LogP contribution in [0.2, 0.25) is 0 Å². The molecule has 4 heteroatoms. The second kappa shape index (κ2) is 16.9. The molecule has 0 rings (SSSR count). The molecule has 0 aliphatic heterocycles. The summed E-state index contributed by atoms with van der Waals surface area (Å²) in [6, 6.07) is 0. The number of unbranched alkanes of at least 4 members (excludes halogenated alkanes) is 2. The third-order valence-electron chi connectivity index (χ3n) is 4.58. The largest absolute Gasteiger partial charge is 0.462 e. The van der Waals surface area contributed by atoms with E-state index >= 15 is 0 Å². The molecule has 0 fully saturated rings. The number of ether oxygens (including phenoxy) is 2. The van der Waals surface area contributed by atoms with Crippen molar-refractivity contribution in [3.05, 3.63) is 24.3 Å².